The Kier molecular flexibility index (Phi) is 4.10. The Balaban J connectivity index is 1.53. The Morgan fingerprint density at radius 3 is 2.57 bits per heavy atom. The van der Waals surface area contributed by atoms with E-state index in [4.69, 9.17) is 25.8 Å². The third-order valence-electron chi connectivity index (χ3n) is 4.88. The van der Waals surface area contributed by atoms with Gasteiger partial charge in [0.15, 0.2) is 11.5 Å². The lowest BCUT2D eigenvalue weighted by molar-refractivity contribution is -0.135. The van der Waals surface area contributed by atoms with Gasteiger partial charge in [0, 0.05) is 10.7 Å². The molecule has 1 amide bonds. The monoisotopic (exact) mass is 393 g/mol. The van der Waals surface area contributed by atoms with Crippen LogP contribution in [0.5, 0.6) is 17.2 Å². The average Bonchev–Trinajstić information content (AvgIpc) is 3.18. The second-order valence-electron chi connectivity index (χ2n) is 6.60. The quantitative estimate of drug-likeness (QED) is 0.607. The fraction of sp³-hybridized carbons (Fsp3) is 0.136. The number of halogens is 1. The number of amides is 1. The van der Waals surface area contributed by atoms with Crippen molar-refractivity contribution in [1.29, 1.82) is 0 Å². The topological polar surface area (TPSA) is 48.0 Å². The second kappa shape index (κ2) is 6.77. The highest BCUT2D eigenvalue weighted by Gasteiger charge is 2.51. The van der Waals surface area contributed by atoms with E-state index in [9.17, 15) is 4.79 Å². The first-order valence-electron chi connectivity index (χ1n) is 8.90. The van der Waals surface area contributed by atoms with Crippen LogP contribution in [0.2, 0.25) is 5.02 Å². The molecule has 28 heavy (non-hydrogen) atoms. The molecule has 0 radical (unpaired) electrons. The Morgan fingerprint density at radius 1 is 0.929 bits per heavy atom. The molecule has 5 rings (SSSR count). The van der Waals surface area contributed by atoms with Gasteiger partial charge in [-0.05, 0) is 48.0 Å². The Morgan fingerprint density at radius 2 is 1.75 bits per heavy atom. The second-order valence-corrected chi connectivity index (χ2v) is 7.03. The van der Waals surface area contributed by atoms with Crippen molar-refractivity contribution in [2.75, 3.05) is 11.7 Å². The fourth-order valence-corrected chi connectivity index (χ4v) is 3.74. The molecular formula is C22H16ClNO4. The van der Waals surface area contributed by atoms with Crippen molar-refractivity contribution in [2.24, 2.45) is 0 Å². The summed E-state index contributed by atoms with van der Waals surface area (Å²) in [6.45, 7) is 0.199. The first kappa shape index (κ1) is 17.0. The summed E-state index contributed by atoms with van der Waals surface area (Å²) >= 11 is 6.15. The van der Waals surface area contributed by atoms with E-state index in [0.717, 1.165) is 11.3 Å². The van der Waals surface area contributed by atoms with Crippen LogP contribution in [0.4, 0.5) is 5.69 Å². The molecule has 2 atom stereocenters. The number of nitrogens with zero attached hydrogens (tertiary/aromatic N) is 1. The molecule has 0 unspecified atom stereocenters. The molecular weight excluding hydrogens is 378 g/mol. The lowest BCUT2D eigenvalue weighted by Gasteiger charge is -2.46. The number of para-hydroxylation sites is 1. The number of carbonyl (C=O) groups excluding carboxylic acids is 1. The van der Waals surface area contributed by atoms with Crippen LogP contribution in [-0.2, 0) is 4.79 Å². The minimum absolute atomic E-state index is 0.117. The van der Waals surface area contributed by atoms with Crippen LogP contribution in [0.25, 0.3) is 0 Å². The van der Waals surface area contributed by atoms with Gasteiger partial charge in [0.1, 0.15) is 11.8 Å². The van der Waals surface area contributed by atoms with Gasteiger partial charge < -0.3 is 14.2 Å². The first-order chi connectivity index (χ1) is 13.7. The number of benzene rings is 3. The molecule has 140 valence electrons. The van der Waals surface area contributed by atoms with Crippen molar-refractivity contribution < 1.29 is 19.0 Å². The molecule has 0 spiro atoms. The van der Waals surface area contributed by atoms with Gasteiger partial charge in [-0.2, -0.15) is 0 Å². The van der Waals surface area contributed by atoms with E-state index in [1.165, 1.54) is 0 Å². The normalized spacial score (nSPS) is 20.0. The molecule has 6 heteroatoms. The number of fused-ring (bicyclic) bond motifs is 1. The van der Waals surface area contributed by atoms with Crippen molar-refractivity contribution in [2.45, 2.75) is 12.1 Å². The number of hydrogen-bond donors (Lipinski definition) is 0. The maximum atomic E-state index is 13.0. The molecule has 2 aliphatic rings. The smallest absolute Gasteiger partial charge is 0.271 e. The lowest BCUT2D eigenvalue weighted by Crippen LogP contribution is -2.61. The first-order valence-corrected chi connectivity index (χ1v) is 9.28. The number of β-lactam (4-membered cyclic amide) rings is 1. The van der Waals surface area contributed by atoms with E-state index in [-0.39, 0.29) is 18.7 Å². The molecule has 2 aliphatic heterocycles. The molecule has 0 saturated carbocycles. The number of anilines is 1. The summed E-state index contributed by atoms with van der Waals surface area (Å²) in [4.78, 5) is 14.7. The zero-order chi connectivity index (χ0) is 19.1. The van der Waals surface area contributed by atoms with Crippen LogP contribution in [0.15, 0.2) is 72.8 Å². The third kappa shape index (κ3) is 2.84. The van der Waals surface area contributed by atoms with Crippen LogP contribution in [0, 0.1) is 0 Å². The zero-order valence-corrected chi connectivity index (χ0v) is 15.5. The van der Waals surface area contributed by atoms with Crippen LogP contribution >= 0.6 is 11.6 Å². The summed E-state index contributed by atoms with van der Waals surface area (Å²) in [5, 5.41) is 0.571. The molecule has 0 N–H and O–H groups in total. The summed E-state index contributed by atoms with van der Waals surface area (Å²) in [5.74, 6) is 1.90. The highest BCUT2D eigenvalue weighted by atomic mass is 35.5. The van der Waals surface area contributed by atoms with Crippen LogP contribution < -0.4 is 19.1 Å². The van der Waals surface area contributed by atoms with Gasteiger partial charge in [-0.3, -0.25) is 9.69 Å². The minimum atomic E-state index is -0.637. The summed E-state index contributed by atoms with van der Waals surface area (Å²) in [6, 6.07) is 22.0. The van der Waals surface area contributed by atoms with E-state index in [2.05, 4.69) is 0 Å². The van der Waals surface area contributed by atoms with E-state index < -0.39 is 6.10 Å². The van der Waals surface area contributed by atoms with Crippen LogP contribution in [0.1, 0.15) is 11.6 Å². The van der Waals surface area contributed by atoms with Crippen LogP contribution in [-0.4, -0.2) is 18.8 Å². The van der Waals surface area contributed by atoms with Gasteiger partial charge in [-0.25, -0.2) is 0 Å². The summed E-state index contributed by atoms with van der Waals surface area (Å²) in [6.07, 6.45) is -0.637. The van der Waals surface area contributed by atoms with Gasteiger partial charge in [-0.1, -0.05) is 41.9 Å². The largest absolute Gasteiger partial charge is 0.478 e. The maximum Gasteiger partial charge on any atom is 0.271 e. The van der Waals surface area contributed by atoms with E-state index >= 15 is 0 Å². The van der Waals surface area contributed by atoms with Gasteiger partial charge >= 0.3 is 0 Å². The van der Waals surface area contributed by atoms with Gasteiger partial charge in [-0.15, -0.1) is 0 Å². The van der Waals surface area contributed by atoms with Gasteiger partial charge in [0.25, 0.3) is 5.91 Å². The minimum Gasteiger partial charge on any atom is -0.478 e. The molecule has 5 nitrogen and oxygen atoms in total. The van der Waals surface area contributed by atoms with Crippen molar-refractivity contribution in [1.82, 2.24) is 0 Å². The predicted octanol–water partition coefficient (Wildman–Crippen LogP) is 4.60. The molecule has 0 bridgehead atoms. The van der Waals surface area contributed by atoms with E-state index in [1.54, 1.807) is 17.0 Å². The van der Waals surface area contributed by atoms with Gasteiger partial charge in [0.2, 0.25) is 12.9 Å². The van der Waals surface area contributed by atoms with Crippen molar-refractivity contribution in [3.63, 3.8) is 0 Å². The number of hydrogen-bond acceptors (Lipinski definition) is 4. The lowest BCUT2D eigenvalue weighted by atomic mass is 9.89. The third-order valence-corrected chi connectivity index (χ3v) is 5.11. The average molecular weight is 394 g/mol. The summed E-state index contributed by atoms with van der Waals surface area (Å²) in [7, 11) is 0. The molecule has 2 heterocycles. The standard InChI is InChI=1S/C22H16ClNO4/c23-15-5-4-6-16(12-15)24-20(14-9-10-18-19(11-14)27-13-26-18)21(22(24)25)28-17-7-2-1-3-8-17/h1-12,20-21H,13H2/t20-,21-/m1/s1. The molecule has 1 fully saturated rings. The summed E-state index contributed by atoms with van der Waals surface area (Å²) in [5.41, 5.74) is 1.64. The SMILES string of the molecule is O=C1[C@H](Oc2ccccc2)[C@@H](c2ccc3c(c2)OCO3)N1c1cccc(Cl)c1. The summed E-state index contributed by atoms with van der Waals surface area (Å²) < 4.78 is 16.9. The maximum absolute atomic E-state index is 13.0. The van der Waals surface area contributed by atoms with Crippen molar-refractivity contribution in [3.05, 3.63) is 83.4 Å². The molecule has 0 aliphatic carbocycles. The van der Waals surface area contributed by atoms with Gasteiger partial charge in [0.05, 0.1) is 0 Å². The van der Waals surface area contributed by atoms with Crippen molar-refractivity contribution >= 4 is 23.2 Å². The number of rotatable bonds is 4. The van der Waals surface area contributed by atoms with E-state index in [0.29, 0.717) is 22.3 Å². The van der Waals surface area contributed by atoms with E-state index in [1.807, 2.05) is 60.7 Å². The Hall–Kier alpha value is -3.18. The Labute approximate surface area is 167 Å². The van der Waals surface area contributed by atoms with Crippen LogP contribution in [0.3, 0.4) is 0 Å². The highest BCUT2D eigenvalue weighted by Crippen LogP contribution is 2.44. The molecule has 3 aromatic rings. The fourth-order valence-electron chi connectivity index (χ4n) is 3.56. The molecule has 0 aromatic heterocycles. The predicted molar refractivity (Wildman–Crippen MR) is 105 cm³/mol. The Bertz CT molecular complexity index is 1040. The molecule has 1 saturated heterocycles. The highest BCUT2D eigenvalue weighted by molar-refractivity contribution is 6.31. The number of ether oxygens (including phenoxy) is 3. The molecule has 3 aromatic carbocycles. The van der Waals surface area contributed by atoms with Crippen molar-refractivity contribution in [3.8, 4) is 17.2 Å². The zero-order valence-electron chi connectivity index (χ0n) is 14.7. The number of carbonyl (C=O) groups is 1.